The molecule has 39 heavy (non-hydrogen) atoms. The summed E-state index contributed by atoms with van der Waals surface area (Å²) in [5.41, 5.74) is 1.48. The second-order valence-corrected chi connectivity index (χ2v) is 12.2. The van der Waals surface area contributed by atoms with E-state index < -0.39 is 10.0 Å². The average Bonchev–Trinajstić information content (AvgIpc) is 2.87. The van der Waals surface area contributed by atoms with Crippen LogP contribution in [0.2, 0.25) is 0 Å². The van der Waals surface area contributed by atoms with Crippen molar-refractivity contribution in [2.75, 3.05) is 38.6 Å². The van der Waals surface area contributed by atoms with Gasteiger partial charge in [-0.05, 0) is 52.0 Å². The summed E-state index contributed by atoms with van der Waals surface area (Å²) in [5, 5.41) is 2.95. The zero-order chi connectivity index (χ0) is 28.9. The van der Waals surface area contributed by atoms with Crippen LogP contribution in [0.4, 0.5) is 10.5 Å². The molecule has 0 radical (unpaired) electrons. The summed E-state index contributed by atoms with van der Waals surface area (Å²) in [6.45, 7) is 10.3. The molecule has 2 N–H and O–H groups in total. The minimum atomic E-state index is -3.86. The minimum absolute atomic E-state index is 0.0471. The van der Waals surface area contributed by atoms with Gasteiger partial charge in [-0.1, -0.05) is 24.6 Å². The van der Waals surface area contributed by atoms with Gasteiger partial charge in [-0.2, -0.15) is 0 Å². The van der Waals surface area contributed by atoms with Gasteiger partial charge in [0, 0.05) is 45.3 Å². The van der Waals surface area contributed by atoms with E-state index in [2.05, 4.69) is 10.0 Å². The van der Waals surface area contributed by atoms with Crippen LogP contribution in [0, 0.1) is 12.8 Å². The normalized spacial score (nSPS) is 20.9. The number of hydrogen-bond donors (Lipinski definition) is 2. The molecular weight excluding hydrogens is 520 g/mol. The Bertz CT molecular complexity index is 1270. The van der Waals surface area contributed by atoms with Gasteiger partial charge in [0.05, 0.1) is 28.3 Å². The van der Waals surface area contributed by atoms with E-state index in [1.54, 1.807) is 42.2 Å². The lowest BCUT2D eigenvalue weighted by Crippen LogP contribution is -2.52. The van der Waals surface area contributed by atoms with Crippen molar-refractivity contribution in [3.8, 4) is 5.75 Å². The van der Waals surface area contributed by atoms with Crippen LogP contribution in [0.3, 0.4) is 0 Å². The second kappa shape index (κ2) is 12.7. The zero-order valence-corrected chi connectivity index (χ0v) is 24.5. The van der Waals surface area contributed by atoms with Crippen molar-refractivity contribution in [3.63, 3.8) is 0 Å². The molecule has 2 aromatic rings. The Morgan fingerprint density at radius 2 is 1.77 bits per heavy atom. The third kappa shape index (κ3) is 7.63. The first-order valence-electron chi connectivity index (χ1n) is 13.0. The molecule has 3 amide bonds. The molecule has 1 heterocycles. The summed E-state index contributed by atoms with van der Waals surface area (Å²) in [6.07, 6.45) is -0.315. The van der Waals surface area contributed by atoms with E-state index in [1.165, 1.54) is 24.3 Å². The Morgan fingerprint density at radius 1 is 1.10 bits per heavy atom. The first-order chi connectivity index (χ1) is 18.3. The number of hydrogen-bond acceptors (Lipinski definition) is 6. The molecule has 0 aliphatic carbocycles. The van der Waals surface area contributed by atoms with Crippen molar-refractivity contribution in [2.45, 2.75) is 57.7 Å². The number of aryl methyl sites for hydroxylation is 1. The van der Waals surface area contributed by atoms with Gasteiger partial charge in [0.15, 0.2) is 0 Å². The van der Waals surface area contributed by atoms with Gasteiger partial charge in [-0.3, -0.25) is 9.52 Å². The van der Waals surface area contributed by atoms with Crippen molar-refractivity contribution < 1.29 is 27.5 Å². The molecule has 11 heteroatoms. The van der Waals surface area contributed by atoms with Crippen molar-refractivity contribution in [1.29, 1.82) is 0 Å². The van der Waals surface area contributed by atoms with E-state index in [-0.39, 0.29) is 64.5 Å². The predicted octanol–water partition coefficient (Wildman–Crippen LogP) is 3.72. The highest BCUT2D eigenvalue weighted by Crippen LogP contribution is 2.28. The summed E-state index contributed by atoms with van der Waals surface area (Å²) in [5.74, 6) is -0.132. The van der Waals surface area contributed by atoms with Gasteiger partial charge in [-0.25, -0.2) is 13.2 Å². The molecule has 10 nitrogen and oxygen atoms in total. The van der Waals surface area contributed by atoms with E-state index >= 15 is 0 Å². The SMILES string of the molecule is CO[C@@H]1CN(C)C(=O)c2ccc(NS(=O)(=O)c3ccc(C)cc3)cc2OC[C@H](C)N(C(=O)NC(C)C)C[C@H]1C. The molecule has 0 fully saturated rings. The highest BCUT2D eigenvalue weighted by Gasteiger charge is 2.30. The fourth-order valence-corrected chi connectivity index (χ4v) is 5.43. The van der Waals surface area contributed by atoms with Gasteiger partial charge in [0.1, 0.15) is 12.4 Å². The summed E-state index contributed by atoms with van der Waals surface area (Å²) in [6, 6.07) is 10.5. The Hall–Kier alpha value is -3.31. The van der Waals surface area contributed by atoms with Crippen LogP contribution in [0.5, 0.6) is 5.75 Å². The van der Waals surface area contributed by atoms with Gasteiger partial charge < -0.3 is 24.6 Å². The fourth-order valence-electron chi connectivity index (χ4n) is 4.38. The van der Waals surface area contributed by atoms with Gasteiger partial charge in [-0.15, -0.1) is 0 Å². The van der Waals surface area contributed by atoms with Gasteiger partial charge >= 0.3 is 6.03 Å². The summed E-state index contributed by atoms with van der Waals surface area (Å²) in [7, 11) is -0.588. The minimum Gasteiger partial charge on any atom is -0.491 e. The lowest BCUT2D eigenvalue weighted by Gasteiger charge is -2.36. The molecule has 0 saturated carbocycles. The van der Waals surface area contributed by atoms with Crippen molar-refractivity contribution in [1.82, 2.24) is 15.1 Å². The Morgan fingerprint density at radius 3 is 2.38 bits per heavy atom. The number of likely N-dealkylation sites (N-methyl/N-ethyl adjacent to an activating group) is 1. The maximum absolute atomic E-state index is 13.4. The van der Waals surface area contributed by atoms with Gasteiger partial charge in [0.25, 0.3) is 15.9 Å². The molecule has 0 saturated heterocycles. The fraction of sp³-hybridized carbons (Fsp3) is 0.500. The average molecular weight is 561 g/mol. The second-order valence-electron chi connectivity index (χ2n) is 10.5. The lowest BCUT2D eigenvalue weighted by atomic mass is 10.0. The van der Waals surface area contributed by atoms with E-state index in [1.807, 2.05) is 34.6 Å². The monoisotopic (exact) mass is 560 g/mol. The molecule has 1 aliphatic rings. The molecule has 3 rings (SSSR count). The van der Waals surface area contributed by atoms with Crippen molar-refractivity contribution >= 4 is 27.6 Å². The summed E-state index contributed by atoms with van der Waals surface area (Å²) >= 11 is 0. The Balaban J connectivity index is 1.97. The predicted molar refractivity (Wildman–Crippen MR) is 151 cm³/mol. The molecular formula is C28H40N4O6S. The van der Waals surface area contributed by atoms with Crippen molar-refractivity contribution in [3.05, 3.63) is 53.6 Å². The van der Waals surface area contributed by atoms with Crippen LogP contribution in [-0.4, -0.2) is 82.2 Å². The number of ether oxygens (including phenoxy) is 2. The van der Waals surface area contributed by atoms with E-state index in [4.69, 9.17) is 9.47 Å². The standard InChI is InChI=1S/C28H40N4O6S/c1-18(2)29-28(34)32-15-20(4)26(37-7)16-31(6)27(33)24-13-10-22(14-25(24)38-17-21(32)5)30-39(35,36)23-11-8-19(3)9-12-23/h8-14,18,20-21,26,30H,15-17H2,1-7H3,(H,29,34)/t20-,21+,26-/m1/s1. The van der Waals surface area contributed by atoms with E-state index in [0.29, 0.717) is 13.1 Å². The number of amides is 3. The molecule has 0 bridgehead atoms. The number of carbonyl (C=O) groups excluding carboxylic acids is 2. The van der Waals surface area contributed by atoms with E-state index in [9.17, 15) is 18.0 Å². The van der Waals surface area contributed by atoms with Gasteiger partial charge in [0.2, 0.25) is 0 Å². The Kier molecular flexibility index (Phi) is 9.84. The lowest BCUT2D eigenvalue weighted by molar-refractivity contribution is 0.0165. The Labute approximate surface area is 231 Å². The quantitative estimate of drug-likeness (QED) is 0.576. The number of benzene rings is 2. The molecule has 2 aromatic carbocycles. The molecule has 3 atom stereocenters. The molecule has 1 aliphatic heterocycles. The first kappa shape index (κ1) is 30.2. The van der Waals surface area contributed by atoms with Crippen LogP contribution in [0.15, 0.2) is 47.4 Å². The van der Waals surface area contributed by atoms with Crippen LogP contribution in [-0.2, 0) is 14.8 Å². The summed E-state index contributed by atoms with van der Waals surface area (Å²) in [4.78, 5) is 29.9. The number of fused-ring (bicyclic) bond motifs is 1. The largest absolute Gasteiger partial charge is 0.491 e. The maximum atomic E-state index is 13.4. The number of methoxy groups -OCH3 is 1. The maximum Gasteiger partial charge on any atom is 0.317 e. The molecule has 0 unspecified atom stereocenters. The van der Waals surface area contributed by atoms with Crippen LogP contribution < -0.4 is 14.8 Å². The number of urea groups is 1. The third-order valence-electron chi connectivity index (χ3n) is 6.70. The topological polar surface area (TPSA) is 117 Å². The molecule has 0 spiro atoms. The summed E-state index contributed by atoms with van der Waals surface area (Å²) < 4.78 is 40.3. The number of nitrogens with one attached hydrogen (secondary N) is 2. The number of nitrogens with zero attached hydrogens (tertiary/aromatic N) is 2. The third-order valence-corrected chi connectivity index (χ3v) is 8.10. The van der Waals surface area contributed by atoms with Crippen LogP contribution >= 0.6 is 0 Å². The van der Waals surface area contributed by atoms with Crippen LogP contribution in [0.1, 0.15) is 43.6 Å². The molecule has 0 aromatic heterocycles. The van der Waals surface area contributed by atoms with Crippen molar-refractivity contribution in [2.24, 2.45) is 5.92 Å². The number of sulfonamides is 1. The number of anilines is 1. The molecule has 214 valence electrons. The first-order valence-corrected chi connectivity index (χ1v) is 14.5. The smallest absolute Gasteiger partial charge is 0.317 e. The highest BCUT2D eigenvalue weighted by molar-refractivity contribution is 7.92. The highest BCUT2D eigenvalue weighted by atomic mass is 32.2. The number of carbonyl (C=O) groups is 2. The van der Waals surface area contributed by atoms with E-state index in [0.717, 1.165) is 5.56 Å². The number of rotatable bonds is 5. The zero-order valence-electron chi connectivity index (χ0n) is 23.7. The van der Waals surface area contributed by atoms with Crippen LogP contribution in [0.25, 0.3) is 0 Å².